The number of carbonyl (C=O) groups excluding carboxylic acids is 1. The highest BCUT2D eigenvalue weighted by Gasteiger charge is 2.22. The molecule has 182 valence electrons. The Kier molecular flexibility index (Phi) is 8.83. The Labute approximate surface area is 206 Å². The van der Waals surface area contributed by atoms with E-state index < -0.39 is 0 Å². The van der Waals surface area contributed by atoms with Gasteiger partial charge < -0.3 is 19.4 Å². The van der Waals surface area contributed by atoms with Gasteiger partial charge in [-0.15, -0.1) is 0 Å². The summed E-state index contributed by atoms with van der Waals surface area (Å²) in [5.74, 6) is 2.01. The van der Waals surface area contributed by atoms with Gasteiger partial charge in [0, 0.05) is 31.1 Å². The van der Waals surface area contributed by atoms with Gasteiger partial charge in [-0.2, -0.15) is 0 Å². The smallest absolute Gasteiger partial charge is 0.249 e. The van der Waals surface area contributed by atoms with E-state index in [9.17, 15) is 4.79 Å². The number of benzene rings is 2. The van der Waals surface area contributed by atoms with Gasteiger partial charge in [-0.1, -0.05) is 30.2 Å². The van der Waals surface area contributed by atoms with Crippen molar-refractivity contribution in [1.29, 1.82) is 0 Å². The molecule has 2 heterocycles. The molecule has 1 unspecified atom stereocenters. The van der Waals surface area contributed by atoms with Crippen molar-refractivity contribution >= 4 is 28.5 Å². The van der Waals surface area contributed by atoms with Gasteiger partial charge in [-0.05, 0) is 74.9 Å². The van der Waals surface area contributed by atoms with Crippen LogP contribution in [0.15, 0.2) is 42.5 Å². The van der Waals surface area contributed by atoms with Crippen molar-refractivity contribution in [2.75, 3.05) is 19.8 Å². The van der Waals surface area contributed by atoms with Crippen LogP contribution in [-0.2, 0) is 22.5 Å². The molecular formula is C27H34ClN3O3. The van der Waals surface area contributed by atoms with Crippen LogP contribution in [0.25, 0.3) is 11.0 Å². The monoisotopic (exact) mass is 483 g/mol. The number of para-hydroxylation sites is 2. The molecule has 4 rings (SSSR count). The molecule has 1 N–H and O–H groups in total. The summed E-state index contributed by atoms with van der Waals surface area (Å²) in [6.07, 6.45) is 6.45. The summed E-state index contributed by atoms with van der Waals surface area (Å²) in [5.41, 5.74) is 3.23. The zero-order chi connectivity index (χ0) is 23.8. The third kappa shape index (κ3) is 6.51. The van der Waals surface area contributed by atoms with Crippen LogP contribution in [0, 0.1) is 6.92 Å². The normalized spacial score (nSPS) is 15.6. The van der Waals surface area contributed by atoms with Crippen molar-refractivity contribution in [1.82, 2.24) is 14.9 Å². The van der Waals surface area contributed by atoms with Crippen molar-refractivity contribution in [2.45, 2.75) is 64.5 Å². The topological polar surface area (TPSA) is 65.4 Å². The first-order valence-corrected chi connectivity index (χ1v) is 12.7. The zero-order valence-electron chi connectivity index (χ0n) is 19.9. The van der Waals surface area contributed by atoms with Crippen molar-refractivity contribution < 1.29 is 14.3 Å². The van der Waals surface area contributed by atoms with E-state index in [1.165, 1.54) is 5.52 Å². The molecule has 0 aliphatic carbocycles. The Morgan fingerprint density at radius 2 is 2.09 bits per heavy atom. The molecule has 2 aromatic carbocycles. The Balaban J connectivity index is 1.24. The van der Waals surface area contributed by atoms with Crippen molar-refractivity contribution in [2.24, 2.45) is 0 Å². The first-order chi connectivity index (χ1) is 16.6. The first-order valence-electron chi connectivity index (χ1n) is 12.3. The van der Waals surface area contributed by atoms with E-state index in [2.05, 4.69) is 28.1 Å². The maximum absolute atomic E-state index is 12.0. The number of rotatable bonds is 12. The number of amides is 1. The molecule has 3 aromatic rings. The summed E-state index contributed by atoms with van der Waals surface area (Å²) in [5, 5.41) is 3.76. The lowest BCUT2D eigenvalue weighted by Gasteiger charge is -2.12. The molecule has 1 fully saturated rings. The predicted molar refractivity (Wildman–Crippen MR) is 136 cm³/mol. The van der Waals surface area contributed by atoms with Crippen molar-refractivity contribution in [3.8, 4) is 5.75 Å². The zero-order valence-corrected chi connectivity index (χ0v) is 20.7. The standard InChI is InChI=1S/C27H34ClN3O3/c1-20-19-21(13-14-22(20)28)33-18-8-16-31-24-10-5-4-9-23(24)30-26(31)12-3-2-6-15-29-27(32)25-11-7-17-34-25/h4-5,9-10,13-14,19,25H,2-3,6-8,11-12,15-18H2,1H3,(H,29,32). The average molecular weight is 484 g/mol. The largest absolute Gasteiger partial charge is 0.494 e. The third-order valence-corrected chi connectivity index (χ3v) is 6.68. The second kappa shape index (κ2) is 12.2. The van der Waals surface area contributed by atoms with Crippen LogP contribution in [0.2, 0.25) is 5.02 Å². The SMILES string of the molecule is Cc1cc(OCCCn2c(CCCCCNC(=O)C3CCCO3)nc3ccccc32)ccc1Cl. The highest BCUT2D eigenvalue weighted by molar-refractivity contribution is 6.31. The first kappa shape index (κ1) is 24.6. The number of fused-ring (bicyclic) bond motifs is 1. The number of aromatic nitrogens is 2. The molecule has 34 heavy (non-hydrogen) atoms. The molecule has 1 aliphatic rings. The fraction of sp³-hybridized carbons (Fsp3) is 0.481. The Hall–Kier alpha value is -2.57. The van der Waals surface area contributed by atoms with E-state index in [0.29, 0.717) is 19.8 Å². The van der Waals surface area contributed by atoms with Gasteiger partial charge >= 0.3 is 0 Å². The summed E-state index contributed by atoms with van der Waals surface area (Å²) < 4.78 is 13.7. The molecule has 0 bridgehead atoms. The summed E-state index contributed by atoms with van der Waals surface area (Å²) in [4.78, 5) is 16.9. The minimum absolute atomic E-state index is 0.0373. The Bertz CT molecular complexity index is 1090. The highest BCUT2D eigenvalue weighted by Crippen LogP contribution is 2.22. The van der Waals surface area contributed by atoms with Crippen LogP contribution in [0.1, 0.15) is 49.9 Å². The number of imidazole rings is 1. The maximum atomic E-state index is 12.0. The van der Waals surface area contributed by atoms with E-state index in [1.807, 2.05) is 31.2 Å². The lowest BCUT2D eigenvalue weighted by molar-refractivity contribution is -0.130. The van der Waals surface area contributed by atoms with Gasteiger partial charge in [0.2, 0.25) is 5.91 Å². The van der Waals surface area contributed by atoms with Gasteiger partial charge in [-0.25, -0.2) is 4.98 Å². The molecule has 1 amide bonds. The van der Waals surface area contributed by atoms with Gasteiger partial charge in [-0.3, -0.25) is 4.79 Å². The predicted octanol–water partition coefficient (Wildman–Crippen LogP) is 5.48. The van der Waals surface area contributed by atoms with Crippen LogP contribution in [0.4, 0.5) is 0 Å². The number of hydrogen-bond donors (Lipinski definition) is 1. The molecule has 1 aromatic heterocycles. The molecule has 7 heteroatoms. The Morgan fingerprint density at radius 1 is 1.21 bits per heavy atom. The number of nitrogens with one attached hydrogen (secondary N) is 1. The number of carbonyl (C=O) groups is 1. The molecule has 0 radical (unpaired) electrons. The second-order valence-corrected chi connectivity index (χ2v) is 9.29. The molecular weight excluding hydrogens is 450 g/mol. The number of aryl methyl sites for hydroxylation is 3. The minimum atomic E-state index is -0.243. The number of ether oxygens (including phenoxy) is 2. The van der Waals surface area contributed by atoms with Crippen LogP contribution < -0.4 is 10.1 Å². The Morgan fingerprint density at radius 3 is 2.91 bits per heavy atom. The fourth-order valence-corrected chi connectivity index (χ4v) is 4.50. The molecule has 0 saturated carbocycles. The van der Waals surface area contributed by atoms with Crippen LogP contribution in [-0.4, -0.2) is 41.3 Å². The summed E-state index contributed by atoms with van der Waals surface area (Å²) >= 11 is 6.10. The van der Waals surface area contributed by atoms with Crippen LogP contribution in [0.3, 0.4) is 0 Å². The summed E-state index contributed by atoms with van der Waals surface area (Å²) in [6, 6.07) is 14.1. The maximum Gasteiger partial charge on any atom is 0.249 e. The van der Waals surface area contributed by atoms with Gasteiger partial charge in [0.05, 0.1) is 17.6 Å². The number of unbranched alkanes of at least 4 members (excludes halogenated alkanes) is 2. The second-order valence-electron chi connectivity index (χ2n) is 8.88. The van der Waals surface area contributed by atoms with Crippen molar-refractivity contribution in [3.63, 3.8) is 0 Å². The quantitative estimate of drug-likeness (QED) is 0.347. The molecule has 1 atom stereocenters. The summed E-state index contributed by atoms with van der Waals surface area (Å²) in [6.45, 7) is 4.89. The summed E-state index contributed by atoms with van der Waals surface area (Å²) in [7, 11) is 0. The third-order valence-electron chi connectivity index (χ3n) is 6.26. The fourth-order valence-electron chi connectivity index (χ4n) is 4.38. The van der Waals surface area contributed by atoms with E-state index in [4.69, 9.17) is 26.1 Å². The van der Waals surface area contributed by atoms with Crippen LogP contribution >= 0.6 is 11.6 Å². The molecule has 1 saturated heterocycles. The van der Waals surface area contributed by atoms with E-state index in [-0.39, 0.29) is 12.0 Å². The molecule has 0 spiro atoms. The minimum Gasteiger partial charge on any atom is -0.494 e. The lowest BCUT2D eigenvalue weighted by atomic mass is 10.1. The highest BCUT2D eigenvalue weighted by atomic mass is 35.5. The van der Waals surface area contributed by atoms with Gasteiger partial charge in [0.15, 0.2) is 0 Å². The lowest BCUT2D eigenvalue weighted by Crippen LogP contribution is -2.34. The van der Waals surface area contributed by atoms with Gasteiger partial charge in [0.1, 0.15) is 17.7 Å². The number of nitrogens with zero attached hydrogens (tertiary/aromatic N) is 2. The van der Waals surface area contributed by atoms with E-state index in [1.54, 1.807) is 0 Å². The van der Waals surface area contributed by atoms with E-state index in [0.717, 1.165) is 79.2 Å². The van der Waals surface area contributed by atoms with Gasteiger partial charge in [0.25, 0.3) is 0 Å². The van der Waals surface area contributed by atoms with Crippen LogP contribution in [0.5, 0.6) is 5.75 Å². The van der Waals surface area contributed by atoms with E-state index >= 15 is 0 Å². The number of halogens is 1. The number of hydrogen-bond acceptors (Lipinski definition) is 4. The molecule has 6 nitrogen and oxygen atoms in total. The molecule has 1 aliphatic heterocycles. The van der Waals surface area contributed by atoms with Crippen molar-refractivity contribution in [3.05, 3.63) is 58.9 Å². The average Bonchev–Trinajstić information content (AvgIpc) is 3.50.